The highest BCUT2D eigenvalue weighted by atomic mass is 16.5. The van der Waals surface area contributed by atoms with Gasteiger partial charge >= 0.3 is 0 Å². The van der Waals surface area contributed by atoms with Crippen molar-refractivity contribution in [2.75, 3.05) is 31.2 Å². The molecule has 4 heterocycles. The number of aromatic nitrogens is 5. The van der Waals surface area contributed by atoms with Crippen LogP contribution in [0.4, 0.5) is 5.95 Å². The van der Waals surface area contributed by atoms with Crippen molar-refractivity contribution in [1.29, 1.82) is 0 Å². The second kappa shape index (κ2) is 6.51. The summed E-state index contributed by atoms with van der Waals surface area (Å²) in [5.41, 5.74) is 0. The van der Waals surface area contributed by atoms with Gasteiger partial charge in [0.15, 0.2) is 5.82 Å². The van der Waals surface area contributed by atoms with E-state index in [0.29, 0.717) is 17.7 Å². The predicted octanol–water partition coefficient (Wildman–Crippen LogP) is 1.88. The van der Waals surface area contributed by atoms with Crippen LogP contribution >= 0.6 is 0 Å². The molecule has 130 valence electrons. The van der Waals surface area contributed by atoms with Crippen molar-refractivity contribution >= 4 is 5.95 Å². The van der Waals surface area contributed by atoms with Crippen LogP contribution in [-0.2, 0) is 11.3 Å². The smallest absolute Gasteiger partial charge is 0.227 e. The van der Waals surface area contributed by atoms with Crippen LogP contribution < -0.4 is 4.90 Å². The molecule has 2 saturated heterocycles. The number of nitrogens with zero attached hydrogens (tertiary/aromatic N) is 6. The summed E-state index contributed by atoms with van der Waals surface area (Å²) in [7, 11) is 0. The molecule has 2 aliphatic rings. The topological polar surface area (TPSA) is 82.1 Å². The summed E-state index contributed by atoms with van der Waals surface area (Å²) in [6.45, 7) is 8.27. The summed E-state index contributed by atoms with van der Waals surface area (Å²) in [4.78, 5) is 6.67. The van der Waals surface area contributed by atoms with Gasteiger partial charge in [0.1, 0.15) is 5.82 Å². The molecule has 24 heavy (non-hydrogen) atoms. The molecule has 0 saturated carbocycles. The fourth-order valence-corrected chi connectivity index (χ4v) is 3.72. The Labute approximate surface area is 141 Å². The zero-order chi connectivity index (χ0) is 16.5. The molecule has 4 rings (SSSR count). The molecule has 8 nitrogen and oxygen atoms in total. The minimum absolute atomic E-state index is 0.297. The summed E-state index contributed by atoms with van der Waals surface area (Å²) >= 11 is 0. The summed E-state index contributed by atoms with van der Waals surface area (Å²) < 4.78 is 13.0. The molecule has 2 aliphatic heterocycles. The normalized spacial score (nSPS) is 24.7. The lowest BCUT2D eigenvalue weighted by Gasteiger charge is -2.23. The lowest BCUT2D eigenvalue weighted by molar-refractivity contribution is 0.0770. The molecular formula is C16H24N6O2. The highest BCUT2D eigenvalue weighted by Crippen LogP contribution is 2.31. The van der Waals surface area contributed by atoms with Crippen molar-refractivity contribution in [2.24, 2.45) is 0 Å². The van der Waals surface area contributed by atoms with Crippen LogP contribution in [0.25, 0.3) is 0 Å². The van der Waals surface area contributed by atoms with E-state index < -0.39 is 0 Å². The fraction of sp³-hybridized carbons (Fsp3) is 0.750. The zero-order valence-electron chi connectivity index (χ0n) is 14.3. The molecule has 2 aromatic rings. The first-order valence-corrected chi connectivity index (χ1v) is 8.82. The maximum atomic E-state index is 5.63. The minimum atomic E-state index is 0.297. The largest absolute Gasteiger partial charge is 0.381 e. The van der Waals surface area contributed by atoms with E-state index in [1.165, 1.54) is 0 Å². The van der Waals surface area contributed by atoms with Crippen molar-refractivity contribution in [3.63, 3.8) is 0 Å². The van der Waals surface area contributed by atoms with Gasteiger partial charge in [-0.3, -0.25) is 4.57 Å². The number of anilines is 1. The molecule has 2 aromatic heterocycles. The van der Waals surface area contributed by atoms with Gasteiger partial charge in [-0.25, -0.2) is 0 Å². The van der Waals surface area contributed by atoms with E-state index >= 15 is 0 Å². The second-order valence-corrected chi connectivity index (χ2v) is 6.62. The molecule has 0 unspecified atom stereocenters. The van der Waals surface area contributed by atoms with Gasteiger partial charge in [0, 0.05) is 45.0 Å². The first kappa shape index (κ1) is 15.6. The molecule has 0 spiro atoms. The number of hydrogen-bond donors (Lipinski definition) is 0. The quantitative estimate of drug-likeness (QED) is 0.845. The lowest BCUT2D eigenvalue weighted by atomic mass is 10.0. The van der Waals surface area contributed by atoms with Crippen molar-refractivity contribution in [3.05, 3.63) is 17.5 Å². The van der Waals surface area contributed by atoms with Gasteiger partial charge < -0.3 is 14.2 Å². The standard InChI is InChI=1S/C16H24N6O2/c1-3-22-15(13-5-4-8-23-10-13)18-19-16(22)21-7-6-12(9-21)14-17-11(2)24-20-14/h12-13H,3-10H2,1-2H3/t12-,13+/m0/s1. The molecule has 2 atom stereocenters. The monoisotopic (exact) mass is 332 g/mol. The Kier molecular flexibility index (Phi) is 4.22. The average molecular weight is 332 g/mol. The Balaban J connectivity index is 1.53. The summed E-state index contributed by atoms with van der Waals surface area (Å²) in [6, 6.07) is 0. The van der Waals surface area contributed by atoms with Crippen molar-refractivity contribution in [3.8, 4) is 0 Å². The van der Waals surface area contributed by atoms with Crippen LogP contribution in [0.3, 0.4) is 0 Å². The van der Waals surface area contributed by atoms with E-state index in [1.54, 1.807) is 0 Å². The molecule has 0 bridgehead atoms. The van der Waals surface area contributed by atoms with Crippen LogP contribution in [0.5, 0.6) is 0 Å². The molecule has 0 amide bonds. The third-order valence-corrected chi connectivity index (χ3v) is 4.98. The number of rotatable bonds is 4. The molecule has 2 fully saturated rings. The molecule has 0 N–H and O–H groups in total. The van der Waals surface area contributed by atoms with E-state index in [-0.39, 0.29) is 0 Å². The van der Waals surface area contributed by atoms with E-state index in [4.69, 9.17) is 9.26 Å². The maximum Gasteiger partial charge on any atom is 0.227 e. The molecular weight excluding hydrogens is 308 g/mol. The van der Waals surface area contributed by atoms with Gasteiger partial charge in [0.05, 0.1) is 6.61 Å². The van der Waals surface area contributed by atoms with Gasteiger partial charge in [0.25, 0.3) is 0 Å². The first-order chi connectivity index (χ1) is 11.8. The Morgan fingerprint density at radius 1 is 1.21 bits per heavy atom. The van der Waals surface area contributed by atoms with Crippen LogP contribution in [0.2, 0.25) is 0 Å². The van der Waals surface area contributed by atoms with Crippen molar-refractivity contribution < 1.29 is 9.26 Å². The Bertz CT molecular complexity index is 691. The second-order valence-electron chi connectivity index (χ2n) is 6.62. The van der Waals surface area contributed by atoms with Gasteiger partial charge in [-0.2, -0.15) is 4.98 Å². The molecule has 0 radical (unpaired) electrons. The number of aryl methyl sites for hydroxylation is 1. The Hall–Kier alpha value is -1.96. The van der Waals surface area contributed by atoms with Crippen LogP contribution in [0, 0.1) is 6.92 Å². The Morgan fingerprint density at radius 3 is 2.83 bits per heavy atom. The zero-order valence-corrected chi connectivity index (χ0v) is 14.3. The van der Waals surface area contributed by atoms with Crippen molar-refractivity contribution in [2.45, 2.75) is 51.5 Å². The molecule has 0 aromatic carbocycles. The van der Waals surface area contributed by atoms with E-state index in [1.807, 2.05) is 6.92 Å². The van der Waals surface area contributed by atoms with Gasteiger partial charge in [0.2, 0.25) is 11.8 Å². The summed E-state index contributed by atoms with van der Waals surface area (Å²) in [6.07, 6.45) is 3.24. The van der Waals surface area contributed by atoms with Crippen LogP contribution in [0.15, 0.2) is 4.52 Å². The highest BCUT2D eigenvalue weighted by molar-refractivity contribution is 5.35. The van der Waals surface area contributed by atoms with Gasteiger partial charge in [-0.1, -0.05) is 5.16 Å². The SMILES string of the molecule is CCn1c([C@@H]2CCCOC2)nnc1N1CC[C@H](c2noc(C)n2)C1. The van der Waals surface area contributed by atoms with E-state index in [9.17, 15) is 0 Å². The average Bonchev–Trinajstić information content (AvgIpc) is 3.33. The Morgan fingerprint density at radius 2 is 2.12 bits per heavy atom. The lowest BCUT2D eigenvalue weighted by Crippen LogP contribution is -2.25. The third-order valence-electron chi connectivity index (χ3n) is 4.98. The summed E-state index contributed by atoms with van der Waals surface area (Å²) in [5.74, 6) is 4.11. The third kappa shape index (κ3) is 2.79. The number of hydrogen-bond acceptors (Lipinski definition) is 7. The number of ether oxygens (including phenoxy) is 1. The van der Waals surface area contributed by atoms with E-state index in [0.717, 1.165) is 69.7 Å². The first-order valence-electron chi connectivity index (χ1n) is 8.82. The molecule has 8 heteroatoms. The van der Waals surface area contributed by atoms with Crippen LogP contribution in [-0.4, -0.2) is 51.2 Å². The summed E-state index contributed by atoms with van der Waals surface area (Å²) in [5, 5.41) is 13.1. The van der Waals surface area contributed by atoms with Gasteiger partial charge in [-0.05, 0) is 26.2 Å². The van der Waals surface area contributed by atoms with E-state index in [2.05, 4.69) is 36.7 Å². The van der Waals surface area contributed by atoms with Crippen LogP contribution in [0.1, 0.15) is 55.6 Å². The highest BCUT2D eigenvalue weighted by Gasteiger charge is 2.32. The predicted molar refractivity (Wildman–Crippen MR) is 87.1 cm³/mol. The fourth-order valence-electron chi connectivity index (χ4n) is 3.72. The van der Waals surface area contributed by atoms with Crippen molar-refractivity contribution in [1.82, 2.24) is 24.9 Å². The maximum absolute atomic E-state index is 5.63. The minimum Gasteiger partial charge on any atom is -0.381 e. The molecule has 0 aliphatic carbocycles. The van der Waals surface area contributed by atoms with Gasteiger partial charge in [-0.15, -0.1) is 10.2 Å².